The topological polar surface area (TPSA) is 67.9 Å². The van der Waals surface area contributed by atoms with Gasteiger partial charge in [-0.05, 0) is 24.6 Å². The van der Waals surface area contributed by atoms with Gasteiger partial charge in [0.15, 0.2) is 0 Å². The van der Waals surface area contributed by atoms with Crippen molar-refractivity contribution in [3.8, 4) is 12.1 Å². The second kappa shape index (κ2) is 5.79. The Morgan fingerprint density at radius 3 is 2.43 bits per heavy atom. The van der Waals surface area contributed by atoms with Crippen molar-refractivity contribution in [3.05, 3.63) is 70.8 Å². The highest BCUT2D eigenvalue weighted by Gasteiger charge is 2.35. The maximum atomic E-state index is 12.8. The fourth-order valence-corrected chi connectivity index (χ4v) is 2.75. The third-order valence-corrected chi connectivity index (χ3v) is 3.83. The predicted octanol–water partition coefficient (Wildman–Crippen LogP) is 3.34. The van der Waals surface area contributed by atoms with Gasteiger partial charge in [0.2, 0.25) is 0 Å². The number of hydrogen-bond donors (Lipinski definition) is 0. The SMILES string of the molecule is Cc1ccc2c(c1)C(=C(C#N)C#N)C(=O)N2Cc1ccccc1. The Morgan fingerprint density at radius 2 is 1.78 bits per heavy atom. The van der Waals surface area contributed by atoms with Crippen molar-refractivity contribution in [2.24, 2.45) is 0 Å². The summed E-state index contributed by atoms with van der Waals surface area (Å²) in [5.74, 6) is -0.299. The Hall–Kier alpha value is -3.37. The molecule has 2 aromatic carbocycles. The Balaban J connectivity index is 2.15. The van der Waals surface area contributed by atoms with E-state index in [1.807, 2.05) is 67.6 Å². The molecule has 1 aliphatic rings. The summed E-state index contributed by atoms with van der Waals surface area (Å²) >= 11 is 0. The molecule has 2 aromatic rings. The summed E-state index contributed by atoms with van der Waals surface area (Å²) in [4.78, 5) is 14.4. The summed E-state index contributed by atoms with van der Waals surface area (Å²) < 4.78 is 0. The molecule has 0 aliphatic carbocycles. The van der Waals surface area contributed by atoms with Crippen LogP contribution in [0.25, 0.3) is 5.57 Å². The molecule has 1 amide bonds. The van der Waals surface area contributed by atoms with Crippen molar-refractivity contribution in [2.75, 3.05) is 4.90 Å². The number of hydrogen-bond acceptors (Lipinski definition) is 3. The number of allylic oxidation sites excluding steroid dienone is 1. The zero-order valence-corrected chi connectivity index (χ0v) is 12.6. The van der Waals surface area contributed by atoms with E-state index in [4.69, 9.17) is 0 Å². The van der Waals surface area contributed by atoms with E-state index in [1.54, 1.807) is 4.90 Å². The molecular weight excluding hydrogens is 286 g/mol. The Kier molecular flexibility index (Phi) is 3.66. The maximum absolute atomic E-state index is 12.8. The fourth-order valence-electron chi connectivity index (χ4n) is 2.75. The number of fused-ring (bicyclic) bond motifs is 1. The molecule has 1 heterocycles. The highest BCUT2D eigenvalue weighted by molar-refractivity contribution is 6.34. The van der Waals surface area contributed by atoms with E-state index in [0.29, 0.717) is 12.1 Å². The number of amides is 1. The van der Waals surface area contributed by atoms with E-state index in [0.717, 1.165) is 16.8 Å². The summed E-state index contributed by atoms with van der Waals surface area (Å²) in [6.45, 7) is 2.32. The summed E-state index contributed by atoms with van der Waals surface area (Å²) in [7, 11) is 0. The van der Waals surface area contributed by atoms with E-state index >= 15 is 0 Å². The minimum atomic E-state index is -0.299. The average Bonchev–Trinajstić information content (AvgIpc) is 2.82. The number of benzene rings is 2. The first-order valence-electron chi connectivity index (χ1n) is 7.17. The van der Waals surface area contributed by atoms with Crippen LogP contribution in [0.4, 0.5) is 5.69 Å². The second-order valence-corrected chi connectivity index (χ2v) is 5.37. The molecule has 4 nitrogen and oxygen atoms in total. The molecule has 3 rings (SSSR count). The molecule has 4 heteroatoms. The molecule has 0 radical (unpaired) electrons. The van der Waals surface area contributed by atoms with E-state index in [9.17, 15) is 15.3 Å². The van der Waals surface area contributed by atoms with E-state index in [-0.39, 0.29) is 17.1 Å². The number of carbonyl (C=O) groups excluding carboxylic acids is 1. The zero-order chi connectivity index (χ0) is 16.4. The first kappa shape index (κ1) is 14.6. The molecule has 0 spiro atoms. The number of anilines is 1. The molecule has 0 bridgehead atoms. The van der Waals surface area contributed by atoms with Gasteiger partial charge in [-0.1, -0.05) is 42.0 Å². The lowest BCUT2D eigenvalue weighted by Crippen LogP contribution is -2.26. The van der Waals surface area contributed by atoms with E-state index in [2.05, 4.69) is 0 Å². The standard InChI is InChI=1S/C19H13N3O/c1-13-7-8-17-16(9-13)18(15(10-20)11-21)19(23)22(17)12-14-5-3-2-4-6-14/h2-9H,12H2,1H3. The highest BCUT2D eigenvalue weighted by Crippen LogP contribution is 2.39. The molecule has 0 N–H and O–H groups in total. The summed E-state index contributed by atoms with van der Waals surface area (Å²) in [6.07, 6.45) is 0. The number of aryl methyl sites for hydroxylation is 1. The molecule has 0 unspecified atom stereocenters. The van der Waals surface area contributed by atoms with Crippen LogP contribution >= 0.6 is 0 Å². The molecular formula is C19H13N3O. The highest BCUT2D eigenvalue weighted by atomic mass is 16.2. The van der Waals surface area contributed by atoms with E-state index < -0.39 is 0 Å². The monoisotopic (exact) mass is 299 g/mol. The van der Waals surface area contributed by atoms with Crippen molar-refractivity contribution in [1.29, 1.82) is 10.5 Å². The third-order valence-electron chi connectivity index (χ3n) is 3.83. The van der Waals surface area contributed by atoms with Crippen LogP contribution in [0.1, 0.15) is 16.7 Å². The smallest absolute Gasteiger partial charge is 0.261 e. The number of nitriles is 2. The van der Waals surface area contributed by atoms with Crippen LogP contribution in [0.2, 0.25) is 0 Å². The minimum absolute atomic E-state index is 0.141. The molecule has 23 heavy (non-hydrogen) atoms. The van der Waals surface area contributed by atoms with Gasteiger partial charge in [-0.2, -0.15) is 10.5 Å². The average molecular weight is 299 g/mol. The van der Waals surface area contributed by atoms with Gasteiger partial charge in [0, 0.05) is 5.56 Å². The number of carbonyl (C=O) groups is 1. The number of rotatable bonds is 2. The first-order valence-corrected chi connectivity index (χ1v) is 7.17. The molecule has 0 aromatic heterocycles. The van der Waals surface area contributed by atoms with Gasteiger partial charge in [-0.15, -0.1) is 0 Å². The maximum Gasteiger partial charge on any atom is 0.261 e. The van der Waals surface area contributed by atoms with Crippen molar-refractivity contribution in [2.45, 2.75) is 13.5 Å². The van der Waals surface area contributed by atoms with Gasteiger partial charge in [0.25, 0.3) is 5.91 Å². The third kappa shape index (κ3) is 2.47. The summed E-state index contributed by atoms with van der Waals surface area (Å²) in [5.41, 5.74) is 3.42. The molecule has 110 valence electrons. The minimum Gasteiger partial charge on any atom is -0.303 e. The van der Waals surface area contributed by atoms with Crippen LogP contribution in [0.15, 0.2) is 54.1 Å². The predicted molar refractivity (Wildman–Crippen MR) is 87.0 cm³/mol. The molecule has 0 fully saturated rings. The van der Waals surface area contributed by atoms with Gasteiger partial charge in [-0.25, -0.2) is 0 Å². The van der Waals surface area contributed by atoms with Crippen molar-refractivity contribution in [1.82, 2.24) is 0 Å². The largest absolute Gasteiger partial charge is 0.303 e. The van der Waals surface area contributed by atoms with Crippen LogP contribution in [-0.2, 0) is 11.3 Å². The van der Waals surface area contributed by atoms with Gasteiger partial charge in [-0.3, -0.25) is 4.79 Å². The van der Waals surface area contributed by atoms with Crippen LogP contribution in [0.5, 0.6) is 0 Å². The van der Waals surface area contributed by atoms with Crippen molar-refractivity contribution in [3.63, 3.8) is 0 Å². The Morgan fingerprint density at radius 1 is 1.09 bits per heavy atom. The van der Waals surface area contributed by atoms with Crippen molar-refractivity contribution < 1.29 is 4.79 Å². The van der Waals surface area contributed by atoms with Crippen LogP contribution in [0.3, 0.4) is 0 Å². The van der Waals surface area contributed by atoms with Crippen molar-refractivity contribution >= 4 is 17.2 Å². The van der Waals surface area contributed by atoms with Crippen LogP contribution in [0, 0.1) is 29.6 Å². The Labute approximate surface area is 134 Å². The molecule has 0 atom stereocenters. The second-order valence-electron chi connectivity index (χ2n) is 5.37. The van der Waals surface area contributed by atoms with Gasteiger partial charge >= 0.3 is 0 Å². The molecule has 0 saturated carbocycles. The quantitative estimate of drug-likeness (QED) is 0.631. The lowest BCUT2D eigenvalue weighted by atomic mass is 10.0. The van der Waals surface area contributed by atoms with Crippen LogP contribution < -0.4 is 4.90 Å². The summed E-state index contributed by atoms with van der Waals surface area (Å²) in [5, 5.41) is 18.3. The van der Waals surface area contributed by atoms with Crippen LogP contribution in [-0.4, -0.2) is 5.91 Å². The van der Waals surface area contributed by atoms with Gasteiger partial charge in [0.05, 0.1) is 17.8 Å². The lowest BCUT2D eigenvalue weighted by Gasteiger charge is -2.17. The normalized spacial score (nSPS) is 12.6. The molecule has 1 aliphatic heterocycles. The Bertz CT molecular complexity index is 882. The number of nitrogens with zero attached hydrogens (tertiary/aromatic N) is 3. The first-order chi connectivity index (χ1) is 11.2. The molecule has 0 saturated heterocycles. The van der Waals surface area contributed by atoms with Gasteiger partial charge in [0.1, 0.15) is 17.7 Å². The van der Waals surface area contributed by atoms with E-state index in [1.165, 1.54) is 0 Å². The van der Waals surface area contributed by atoms with Gasteiger partial charge < -0.3 is 4.90 Å². The summed E-state index contributed by atoms with van der Waals surface area (Å²) in [6, 6.07) is 19.0. The zero-order valence-electron chi connectivity index (χ0n) is 12.6. The fraction of sp³-hybridized carbons (Fsp3) is 0.105. The lowest BCUT2D eigenvalue weighted by molar-refractivity contribution is -0.113.